The van der Waals surface area contributed by atoms with Gasteiger partial charge < -0.3 is 15.0 Å². The molecule has 0 saturated carbocycles. The Morgan fingerprint density at radius 3 is 2.61 bits per heavy atom. The summed E-state index contributed by atoms with van der Waals surface area (Å²) in [7, 11) is 3.25. The number of nitriles is 1. The molecule has 8 nitrogen and oxygen atoms in total. The van der Waals surface area contributed by atoms with E-state index in [9.17, 15) is 14.9 Å². The van der Waals surface area contributed by atoms with E-state index in [4.69, 9.17) is 17.0 Å². The number of thiocarbonyl (C=S) groups is 1. The summed E-state index contributed by atoms with van der Waals surface area (Å²) in [4.78, 5) is 29.6. The maximum Gasteiger partial charge on any atom is 0.271 e. The van der Waals surface area contributed by atoms with E-state index in [2.05, 4.69) is 28.6 Å². The largest absolute Gasteiger partial charge is 0.492 e. The van der Waals surface area contributed by atoms with E-state index in [1.807, 2.05) is 0 Å². The van der Waals surface area contributed by atoms with E-state index in [1.54, 1.807) is 32.3 Å². The number of anilines is 1. The molecule has 0 aliphatic carbocycles. The standard InChI is InChI=1S/C22H25N5O3S/c1-4-5-6-11-30-19-10-8-17(12-16(19)13-23)25-22(31)26-20(28)15-7-9-18(24-14-15)21(29)27(2)3/h7-10,12,14H,4-6,11H2,1-3H3,(H2,25,26,28,31). The number of hydrogen-bond acceptors (Lipinski definition) is 6. The number of nitrogens with zero attached hydrogens (tertiary/aromatic N) is 3. The monoisotopic (exact) mass is 439 g/mol. The van der Waals surface area contributed by atoms with Crippen LogP contribution in [0.2, 0.25) is 0 Å². The number of nitrogens with one attached hydrogen (secondary N) is 2. The zero-order chi connectivity index (χ0) is 22.8. The zero-order valence-electron chi connectivity index (χ0n) is 17.8. The zero-order valence-corrected chi connectivity index (χ0v) is 18.6. The third kappa shape index (κ3) is 7.04. The third-order valence-corrected chi connectivity index (χ3v) is 4.45. The second kappa shape index (κ2) is 11.6. The van der Waals surface area contributed by atoms with Gasteiger partial charge in [0.25, 0.3) is 11.8 Å². The molecule has 1 aromatic carbocycles. The molecule has 2 aromatic rings. The van der Waals surface area contributed by atoms with Gasteiger partial charge in [-0.1, -0.05) is 19.8 Å². The molecule has 162 valence electrons. The molecule has 0 radical (unpaired) electrons. The van der Waals surface area contributed by atoms with Gasteiger partial charge >= 0.3 is 0 Å². The van der Waals surface area contributed by atoms with Gasteiger partial charge in [0, 0.05) is 26.0 Å². The van der Waals surface area contributed by atoms with Crippen LogP contribution in [0, 0.1) is 11.3 Å². The summed E-state index contributed by atoms with van der Waals surface area (Å²) in [6.45, 7) is 2.66. The smallest absolute Gasteiger partial charge is 0.271 e. The number of amides is 2. The highest BCUT2D eigenvalue weighted by molar-refractivity contribution is 7.80. The van der Waals surface area contributed by atoms with Crippen LogP contribution in [-0.2, 0) is 0 Å². The number of rotatable bonds is 8. The van der Waals surface area contributed by atoms with E-state index in [1.165, 1.54) is 23.2 Å². The van der Waals surface area contributed by atoms with Crippen molar-refractivity contribution in [1.82, 2.24) is 15.2 Å². The second-order valence-electron chi connectivity index (χ2n) is 6.92. The van der Waals surface area contributed by atoms with Gasteiger partial charge in [0.05, 0.1) is 17.7 Å². The highest BCUT2D eigenvalue weighted by atomic mass is 32.1. The molecule has 1 heterocycles. The number of aromatic nitrogens is 1. The molecule has 2 amide bonds. The lowest BCUT2D eigenvalue weighted by Crippen LogP contribution is -2.34. The van der Waals surface area contributed by atoms with Gasteiger partial charge in [-0.05, 0) is 49.0 Å². The molecule has 0 atom stereocenters. The lowest BCUT2D eigenvalue weighted by atomic mass is 10.2. The Hall–Kier alpha value is -3.51. The molecule has 0 spiro atoms. The van der Waals surface area contributed by atoms with Crippen molar-refractivity contribution < 1.29 is 14.3 Å². The van der Waals surface area contributed by atoms with Crippen LogP contribution in [0.25, 0.3) is 0 Å². The van der Waals surface area contributed by atoms with Crippen molar-refractivity contribution >= 4 is 34.8 Å². The van der Waals surface area contributed by atoms with Crippen LogP contribution in [0.3, 0.4) is 0 Å². The number of benzene rings is 1. The number of ether oxygens (including phenoxy) is 1. The molecule has 0 saturated heterocycles. The Morgan fingerprint density at radius 1 is 1.23 bits per heavy atom. The molecule has 0 unspecified atom stereocenters. The van der Waals surface area contributed by atoms with Crippen molar-refractivity contribution in [3.05, 3.63) is 53.3 Å². The SMILES string of the molecule is CCCCCOc1ccc(NC(=S)NC(=O)c2ccc(C(=O)N(C)C)nc2)cc1C#N. The minimum atomic E-state index is -0.467. The Bertz CT molecular complexity index is 984. The lowest BCUT2D eigenvalue weighted by molar-refractivity contribution is 0.0821. The summed E-state index contributed by atoms with van der Waals surface area (Å²) in [5.41, 5.74) is 1.42. The normalized spacial score (nSPS) is 10.0. The molecular weight excluding hydrogens is 414 g/mol. The third-order valence-electron chi connectivity index (χ3n) is 4.24. The summed E-state index contributed by atoms with van der Waals surface area (Å²) in [5.74, 6) is -0.210. The van der Waals surface area contributed by atoms with Crippen molar-refractivity contribution in [1.29, 1.82) is 5.26 Å². The molecule has 31 heavy (non-hydrogen) atoms. The average molecular weight is 440 g/mol. The average Bonchev–Trinajstić information content (AvgIpc) is 2.76. The van der Waals surface area contributed by atoms with Crippen molar-refractivity contribution in [3.63, 3.8) is 0 Å². The molecule has 0 bridgehead atoms. The molecular formula is C22H25N5O3S. The summed E-state index contributed by atoms with van der Waals surface area (Å²) in [5, 5.41) is 14.9. The highest BCUT2D eigenvalue weighted by Gasteiger charge is 2.13. The fraction of sp³-hybridized carbons (Fsp3) is 0.318. The van der Waals surface area contributed by atoms with Crippen LogP contribution >= 0.6 is 12.2 Å². The Kier molecular flexibility index (Phi) is 8.91. The summed E-state index contributed by atoms with van der Waals surface area (Å²) >= 11 is 5.19. The lowest BCUT2D eigenvalue weighted by Gasteiger charge is -2.12. The number of carbonyl (C=O) groups excluding carboxylic acids is 2. The van der Waals surface area contributed by atoms with Crippen LogP contribution in [0.4, 0.5) is 5.69 Å². The maximum absolute atomic E-state index is 12.4. The number of pyridine rings is 1. The molecule has 0 aliphatic heterocycles. The molecule has 0 fully saturated rings. The predicted octanol–water partition coefficient (Wildman–Crippen LogP) is 3.35. The van der Waals surface area contributed by atoms with Gasteiger partial charge in [-0.15, -0.1) is 0 Å². The first-order valence-corrected chi connectivity index (χ1v) is 10.2. The Labute approximate surface area is 187 Å². The predicted molar refractivity (Wildman–Crippen MR) is 122 cm³/mol. The fourth-order valence-electron chi connectivity index (χ4n) is 2.58. The molecule has 9 heteroatoms. The van der Waals surface area contributed by atoms with Crippen LogP contribution in [0.1, 0.15) is 52.6 Å². The first kappa shape index (κ1) is 23.8. The molecule has 0 aliphatic rings. The summed E-state index contributed by atoms with van der Waals surface area (Å²) in [6.07, 6.45) is 4.40. The Balaban J connectivity index is 1.96. The van der Waals surface area contributed by atoms with Crippen LogP contribution in [-0.4, -0.2) is 47.5 Å². The molecule has 2 rings (SSSR count). The van der Waals surface area contributed by atoms with Gasteiger partial charge in [-0.3, -0.25) is 19.9 Å². The molecule has 2 N–H and O–H groups in total. The van der Waals surface area contributed by atoms with Crippen LogP contribution in [0.5, 0.6) is 5.75 Å². The number of carbonyl (C=O) groups is 2. The first-order chi connectivity index (χ1) is 14.8. The van der Waals surface area contributed by atoms with Crippen molar-refractivity contribution in [2.24, 2.45) is 0 Å². The number of hydrogen-bond donors (Lipinski definition) is 2. The van der Waals surface area contributed by atoms with Gasteiger partial charge in [0.1, 0.15) is 17.5 Å². The first-order valence-electron chi connectivity index (χ1n) is 9.82. The second-order valence-corrected chi connectivity index (χ2v) is 7.33. The quantitative estimate of drug-likeness (QED) is 0.480. The Morgan fingerprint density at radius 2 is 2.00 bits per heavy atom. The van der Waals surface area contributed by atoms with Gasteiger partial charge in [0.15, 0.2) is 5.11 Å². The minimum absolute atomic E-state index is 0.0685. The van der Waals surface area contributed by atoms with Crippen LogP contribution in [0.15, 0.2) is 36.5 Å². The van der Waals surface area contributed by atoms with Gasteiger partial charge in [-0.2, -0.15) is 5.26 Å². The summed E-state index contributed by atoms with van der Waals surface area (Å²) in [6, 6.07) is 10.1. The number of unbranched alkanes of at least 4 members (excludes halogenated alkanes) is 2. The van der Waals surface area contributed by atoms with E-state index >= 15 is 0 Å². The van der Waals surface area contributed by atoms with Crippen molar-refractivity contribution in [2.75, 3.05) is 26.0 Å². The van der Waals surface area contributed by atoms with Gasteiger partial charge in [0.2, 0.25) is 0 Å². The van der Waals surface area contributed by atoms with E-state index in [0.29, 0.717) is 23.6 Å². The topological polar surface area (TPSA) is 107 Å². The highest BCUT2D eigenvalue weighted by Crippen LogP contribution is 2.22. The van der Waals surface area contributed by atoms with Gasteiger partial charge in [-0.25, -0.2) is 0 Å². The van der Waals surface area contributed by atoms with E-state index in [0.717, 1.165) is 19.3 Å². The fourth-order valence-corrected chi connectivity index (χ4v) is 2.79. The summed E-state index contributed by atoms with van der Waals surface area (Å²) < 4.78 is 5.67. The molecule has 1 aromatic heterocycles. The maximum atomic E-state index is 12.4. The van der Waals surface area contributed by atoms with Crippen LogP contribution < -0.4 is 15.4 Å². The van der Waals surface area contributed by atoms with Crippen molar-refractivity contribution in [3.8, 4) is 11.8 Å². The van der Waals surface area contributed by atoms with E-state index in [-0.39, 0.29) is 22.3 Å². The minimum Gasteiger partial charge on any atom is -0.492 e. The van der Waals surface area contributed by atoms with Crippen molar-refractivity contribution in [2.45, 2.75) is 26.2 Å². The van der Waals surface area contributed by atoms with E-state index < -0.39 is 5.91 Å².